The summed E-state index contributed by atoms with van der Waals surface area (Å²) in [7, 11) is 0. The van der Waals surface area contributed by atoms with E-state index in [9.17, 15) is 0 Å². The van der Waals surface area contributed by atoms with Gasteiger partial charge in [-0.05, 0) is 30.2 Å². The Morgan fingerprint density at radius 3 is 2.56 bits per heavy atom. The van der Waals surface area contributed by atoms with E-state index in [1.54, 1.807) is 0 Å². The van der Waals surface area contributed by atoms with Crippen molar-refractivity contribution in [2.45, 2.75) is 32.3 Å². The predicted octanol–water partition coefficient (Wildman–Crippen LogP) is 4.46. The van der Waals surface area contributed by atoms with Crippen molar-refractivity contribution in [3.63, 3.8) is 0 Å². The molecule has 1 nitrogen and oxygen atoms in total. The summed E-state index contributed by atoms with van der Waals surface area (Å²) in [5.74, 6) is 0.998. The second-order valence-corrected chi connectivity index (χ2v) is 5.08. The van der Waals surface area contributed by atoms with Gasteiger partial charge in [-0.15, -0.1) is 0 Å². The number of hydrogen-bond donors (Lipinski definition) is 1. The van der Waals surface area contributed by atoms with Gasteiger partial charge in [0.05, 0.1) is 6.61 Å². The van der Waals surface area contributed by atoms with Crippen LogP contribution < -0.4 is 0 Å². The Hall–Kier alpha value is 0.01000. The molecule has 1 rings (SSSR count). The molecular weight excluding hydrogens is 284 g/mol. The zero-order valence-corrected chi connectivity index (χ0v) is 12.0. The van der Waals surface area contributed by atoms with E-state index >= 15 is 0 Å². The summed E-state index contributed by atoms with van der Waals surface area (Å²) in [6, 6.07) is 8.19. The molecule has 0 heterocycles. The molecular formula is C13H19BrOS. The van der Waals surface area contributed by atoms with Gasteiger partial charge in [-0.2, -0.15) is 12.6 Å². The van der Waals surface area contributed by atoms with E-state index in [2.05, 4.69) is 34.6 Å². The highest BCUT2D eigenvalue weighted by atomic mass is 79.9. The van der Waals surface area contributed by atoms with Crippen molar-refractivity contribution in [3.05, 3.63) is 34.3 Å². The van der Waals surface area contributed by atoms with Crippen molar-refractivity contribution >= 4 is 28.6 Å². The SMILES string of the molecule is SCCCCCCOCc1ccccc1Br. The van der Waals surface area contributed by atoms with Crippen LogP contribution in [-0.2, 0) is 11.3 Å². The summed E-state index contributed by atoms with van der Waals surface area (Å²) in [6.45, 7) is 1.56. The van der Waals surface area contributed by atoms with Crippen molar-refractivity contribution in [2.75, 3.05) is 12.4 Å². The van der Waals surface area contributed by atoms with Gasteiger partial charge in [0, 0.05) is 11.1 Å². The second-order valence-electron chi connectivity index (χ2n) is 3.78. The lowest BCUT2D eigenvalue weighted by Crippen LogP contribution is -1.96. The minimum absolute atomic E-state index is 0.702. The summed E-state index contributed by atoms with van der Waals surface area (Å²) in [5.41, 5.74) is 1.22. The van der Waals surface area contributed by atoms with Crippen LogP contribution >= 0.6 is 28.6 Å². The maximum atomic E-state index is 5.63. The molecule has 1 aromatic rings. The highest BCUT2D eigenvalue weighted by Crippen LogP contribution is 2.16. The number of rotatable bonds is 8. The lowest BCUT2D eigenvalue weighted by molar-refractivity contribution is 0.116. The number of benzene rings is 1. The molecule has 0 radical (unpaired) electrons. The first-order chi connectivity index (χ1) is 7.84. The molecule has 0 unspecified atom stereocenters. The Kier molecular flexibility index (Phi) is 7.99. The number of thiol groups is 1. The van der Waals surface area contributed by atoms with Crippen molar-refractivity contribution < 1.29 is 4.74 Å². The van der Waals surface area contributed by atoms with E-state index in [-0.39, 0.29) is 0 Å². The Morgan fingerprint density at radius 2 is 1.81 bits per heavy atom. The molecule has 0 bridgehead atoms. The van der Waals surface area contributed by atoms with Crippen LogP contribution in [0.25, 0.3) is 0 Å². The Morgan fingerprint density at radius 1 is 1.06 bits per heavy atom. The van der Waals surface area contributed by atoms with E-state index in [1.807, 2.05) is 18.2 Å². The van der Waals surface area contributed by atoms with Crippen LogP contribution in [0.4, 0.5) is 0 Å². The van der Waals surface area contributed by atoms with Gasteiger partial charge in [0.2, 0.25) is 0 Å². The first-order valence-corrected chi connectivity index (χ1v) is 7.19. The molecule has 0 saturated carbocycles. The average molecular weight is 303 g/mol. The number of unbranched alkanes of at least 4 members (excludes halogenated alkanes) is 3. The van der Waals surface area contributed by atoms with E-state index in [4.69, 9.17) is 4.74 Å². The van der Waals surface area contributed by atoms with E-state index in [1.165, 1.54) is 24.8 Å². The third kappa shape index (κ3) is 5.92. The average Bonchev–Trinajstić information content (AvgIpc) is 2.30. The summed E-state index contributed by atoms with van der Waals surface area (Å²) < 4.78 is 6.76. The first-order valence-electron chi connectivity index (χ1n) is 5.76. The summed E-state index contributed by atoms with van der Waals surface area (Å²) in [6.07, 6.45) is 4.88. The molecule has 0 aliphatic heterocycles. The van der Waals surface area contributed by atoms with Gasteiger partial charge >= 0.3 is 0 Å². The third-order valence-corrected chi connectivity index (χ3v) is 3.50. The fourth-order valence-electron chi connectivity index (χ4n) is 1.47. The van der Waals surface area contributed by atoms with Crippen LogP contribution in [-0.4, -0.2) is 12.4 Å². The van der Waals surface area contributed by atoms with Gasteiger partial charge in [-0.3, -0.25) is 0 Å². The molecule has 0 fully saturated rings. The van der Waals surface area contributed by atoms with Crippen LogP contribution in [0, 0.1) is 0 Å². The molecule has 0 spiro atoms. The normalized spacial score (nSPS) is 10.6. The van der Waals surface area contributed by atoms with Gasteiger partial charge in [0.1, 0.15) is 0 Å². The summed E-state index contributed by atoms with van der Waals surface area (Å²) >= 11 is 7.70. The lowest BCUT2D eigenvalue weighted by Gasteiger charge is -2.06. The van der Waals surface area contributed by atoms with Gasteiger partial charge in [0.25, 0.3) is 0 Å². The van der Waals surface area contributed by atoms with Gasteiger partial charge < -0.3 is 4.74 Å². The standard InChI is InChI=1S/C13H19BrOS/c14-13-8-4-3-7-12(13)11-15-9-5-1-2-6-10-16/h3-4,7-8,16H,1-2,5-6,9-11H2. The molecule has 1 aromatic carbocycles. The second kappa shape index (κ2) is 9.08. The molecule has 0 N–H and O–H groups in total. The summed E-state index contributed by atoms with van der Waals surface area (Å²) in [4.78, 5) is 0. The maximum absolute atomic E-state index is 5.63. The number of hydrogen-bond acceptors (Lipinski definition) is 2. The zero-order chi connectivity index (χ0) is 11.6. The molecule has 90 valence electrons. The lowest BCUT2D eigenvalue weighted by atomic mass is 10.2. The quantitative estimate of drug-likeness (QED) is 0.551. The van der Waals surface area contributed by atoms with Crippen LogP contribution in [0.15, 0.2) is 28.7 Å². The maximum Gasteiger partial charge on any atom is 0.0727 e. The van der Waals surface area contributed by atoms with Crippen molar-refractivity contribution in [3.8, 4) is 0 Å². The molecule has 0 atom stereocenters. The van der Waals surface area contributed by atoms with Crippen molar-refractivity contribution in [1.29, 1.82) is 0 Å². The van der Waals surface area contributed by atoms with Crippen molar-refractivity contribution in [1.82, 2.24) is 0 Å². The largest absolute Gasteiger partial charge is 0.377 e. The fourth-order valence-corrected chi connectivity index (χ4v) is 2.09. The monoisotopic (exact) mass is 302 g/mol. The number of halogens is 1. The zero-order valence-electron chi connectivity index (χ0n) is 9.49. The fraction of sp³-hybridized carbons (Fsp3) is 0.538. The highest BCUT2D eigenvalue weighted by Gasteiger charge is 1.97. The molecule has 16 heavy (non-hydrogen) atoms. The van der Waals surface area contributed by atoms with Crippen LogP contribution in [0.3, 0.4) is 0 Å². The summed E-state index contributed by atoms with van der Waals surface area (Å²) in [5, 5.41) is 0. The van der Waals surface area contributed by atoms with Crippen LogP contribution in [0.2, 0.25) is 0 Å². The van der Waals surface area contributed by atoms with E-state index in [0.29, 0.717) is 6.61 Å². The number of ether oxygens (including phenoxy) is 1. The molecule has 0 aliphatic rings. The van der Waals surface area contributed by atoms with Gasteiger partial charge in [0.15, 0.2) is 0 Å². The van der Waals surface area contributed by atoms with E-state index in [0.717, 1.165) is 23.3 Å². The van der Waals surface area contributed by atoms with Crippen LogP contribution in [0.1, 0.15) is 31.2 Å². The molecule has 0 saturated heterocycles. The Bertz CT molecular complexity index is 291. The predicted molar refractivity (Wildman–Crippen MR) is 76.1 cm³/mol. The Labute approximate surface area is 112 Å². The Balaban J connectivity index is 2.05. The molecule has 0 aliphatic carbocycles. The third-order valence-electron chi connectivity index (χ3n) is 2.41. The van der Waals surface area contributed by atoms with Crippen LogP contribution in [0.5, 0.6) is 0 Å². The minimum atomic E-state index is 0.702. The van der Waals surface area contributed by atoms with E-state index < -0.39 is 0 Å². The van der Waals surface area contributed by atoms with Gasteiger partial charge in [-0.1, -0.05) is 47.0 Å². The molecule has 0 amide bonds. The first kappa shape index (κ1) is 14.1. The minimum Gasteiger partial charge on any atom is -0.377 e. The molecule has 0 aromatic heterocycles. The van der Waals surface area contributed by atoms with Crippen molar-refractivity contribution in [2.24, 2.45) is 0 Å². The highest BCUT2D eigenvalue weighted by molar-refractivity contribution is 9.10. The topological polar surface area (TPSA) is 9.23 Å². The molecule has 3 heteroatoms. The van der Waals surface area contributed by atoms with Gasteiger partial charge in [-0.25, -0.2) is 0 Å². The smallest absolute Gasteiger partial charge is 0.0727 e.